The molecule has 1 nitrogen and oxygen atoms in total. The molecule has 4 rings (SSSR count). The van der Waals surface area contributed by atoms with Crippen molar-refractivity contribution >= 4 is 38.1 Å². The molecular formula is C18H12O. The van der Waals surface area contributed by atoms with E-state index in [1.54, 1.807) is 6.92 Å². The molecule has 4 aromatic rings. The van der Waals surface area contributed by atoms with E-state index in [4.69, 9.17) is 0 Å². The second-order valence-corrected chi connectivity index (χ2v) is 5.03. The van der Waals surface area contributed by atoms with Gasteiger partial charge in [-0.05, 0) is 39.2 Å². The summed E-state index contributed by atoms with van der Waals surface area (Å²) >= 11 is 0. The first-order chi connectivity index (χ1) is 9.25. The number of hydrogen-bond donors (Lipinski definition) is 0. The van der Waals surface area contributed by atoms with Crippen molar-refractivity contribution in [1.82, 2.24) is 0 Å². The lowest BCUT2D eigenvalue weighted by molar-refractivity contribution is 0.101. The number of carbonyl (C=O) groups excluding carboxylic acids is 1. The van der Waals surface area contributed by atoms with Crippen molar-refractivity contribution in [2.45, 2.75) is 6.92 Å². The Labute approximate surface area is 110 Å². The van der Waals surface area contributed by atoms with Crippen LogP contribution in [0, 0.1) is 0 Å². The molecule has 0 atom stereocenters. The van der Waals surface area contributed by atoms with E-state index in [9.17, 15) is 4.79 Å². The molecule has 0 amide bonds. The Morgan fingerprint density at radius 2 is 1.32 bits per heavy atom. The van der Waals surface area contributed by atoms with Gasteiger partial charge in [0.2, 0.25) is 0 Å². The zero-order chi connectivity index (χ0) is 13.0. The lowest BCUT2D eigenvalue weighted by Crippen LogP contribution is -1.94. The van der Waals surface area contributed by atoms with Crippen LogP contribution >= 0.6 is 0 Å². The highest BCUT2D eigenvalue weighted by atomic mass is 16.1. The minimum Gasteiger partial charge on any atom is -0.294 e. The molecule has 0 heterocycles. The summed E-state index contributed by atoms with van der Waals surface area (Å²) in [6.45, 7) is 1.63. The average molecular weight is 244 g/mol. The number of rotatable bonds is 1. The number of benzene rings is 4. The highest BCUT2D eigenvalue weighted by molar-refractivity contribution is 6.26. The van der Waals surface area contributed by atoms with Gasteiger partial charge in [-0.15, -0.1) is 0 Å². The highest BCUT2D eigenvalue weighted by Crippen LogP contribution is 2.35. The summed E-state index contributed by atoms with van der Waals surface area (Å²) in [6, 6.07) is 18.8. The van der Waals surface area contributed by atoms with Crippen LogP contribution in [0.5, 0.6) is 0 Å². The van der Waals surface area contributed by atoms with Crippen LogP contribution in [0.1, 0.15) is 17.3 Å². The molecule has 19 heavy (non-hydrogen) atoms. The minimum atomic E-state index is 0.123. The third-order valence-electron chi connectivity index (χ3n) is 3.91. The molecular weight excluding hydrogens is 232 g/mol. The predicted octanol–water partition coefficient (Wildman–Crippen LogP) is 4.79. The Morgan fingerprint density at radius 3 is 2.00 bits per heavy atom. The Kier molecular flexibility index (Phi) is 1.96. The normalized spacial score (nSPS) is 11.6. The van der Waals surface area contributed by atoms with Gasteiger partial charge in [0.25, 0.3) is 0 Å². The van der Waals surface area contributed by atoms with E-state index in [-0.39, 0.29) is 5.78 Å². The zero-order valence-electron chi connectivity index (χ0n) is 10.6. The van der Waals surface area contributed by atoms with Gasteiger partial charge in [-0.25, -0.2) is 0 Å². The molecule has 0 saturated heterocycles. The van der Waals surface area contributed by atoms with E-state index in [2.05, 4.69) is 42.5 Å². The van der Waals surface area contributed by atoms with E-state index >= 15 is 0 Å². The summed E-state index contributed by atoms with van der Waals surface area (Å²) in [5.74, 6) is 0.123. The van der Waals surface area contributed by atoms with Gasteiger partial charge in [-0.3, -0.25) is 4.79 Å². The lowest BCUT2D eigenvalue weighted by atomic mass is 9.91. The molecule has 0 spiro atoms. The second kappa shape index (κ2) is 3.55. The van der Waals surface area contributed by atoms with Crippen molar-refractivity contribution in [3.05, 3.63) is 60.2 Å². The summed E-state index contributed by atoms with van der Waals surface area (Å²) in [5, 5.41) is 7.20. The molecule has 0 aliphatic heterocycles. The quantitative estimate of drug-likeness (QED) is 0.347. The summed E-state index contributed by atoms with van der Waals surface area (Å²) in [6.07, 6.45) is 0. The van der Waals surface area contributed by atoms with Gasteiger partial charge in [-0.1, -0.05) is 54.6 Å². The van der Waals surface area contributed by atoms with Crippen LogP contribution in [-0.2, 0) is 0 Å². The molecule has 4 aromatic carbocycles. The lowest BCUT2D eigenvalue weighted by Gasteiger charge is -2.12. The molecule has 1 heteroatoms. The Bertz CT molecular complexity index is 918. The molecule has 0 radical (unpaired) electrons. The van der Waals surface area contributed by atoms with Gasteiger partial charge in [0.1, 0.15) is 0 Å². The minimum absolute atomic E-state index is 0.123. The number of ketones is 1. The molecule has 0 unspecified atom stereocenters. The maximum Gasteiger partial charge on any atom is 0.160 e. The van der Waals surface area contributed by atoms with E-state index in [0.29, 0.717) is 0 Å². The van der Waals surface area contributed by atoms with Crippen molar-refractivity contribution in [3.8, 4) is 0 Å². The van der Waals surface area contributed by atoms with Gasteiger partial charge in [0.05, 0.1) is 0 Å². The van der Waals surface area contributed by atoms with E-state index in [1.165, 1.54) is 26.9 Å². The van der Waals surface area contributed by atoms with Crippen molar-refractivity contribution in [1.29, 1.82) is 0 Å². The molecule has 0 aliphatic rings. The van der Waals surface area contributed by atoms with Crippen LogP contribution in [0.15, 0.2) is 54.6 Å². The SMILES string of the molecule is CC(=O)c1ccc2ccc3cccc4ccc1c2c34. The largest absolute Gasteiger partial charge is 0.294 e. The molecule has 0 aromatic heterocycles. The maximum atomic E-state index is 11.8. The van der Waals surface area contributed by atoms with Crippen LogP contribution in [0.2, 0.25) is 0 Å². The van der Waals surface area contributed by atoms with E-state index in [1.807, 2.05) is 12.1 Å². The summed E-state index contributed by atoms with van der Waals surface area (Å²) < 4.78 is 0. The first-order valence-electron chi connectivity index (χ1n) is 6.43. The van der Waals surface area contributed by atoms with Gasteiger partial charge in [-0.2, -0.15) is 0 Å². The van der Waals surface area contributed by atoms with Crippen molar-refractivity contribution in [3.63, 3.8) is 0 Å². The maximum absolute atomic E-state index is 11.8. The Hall–Kier alpha value is -2.41. The highest BCUT2D eigenvalue weighted by Gasteiger charge is 2.12. The second-order valence-electron chi connectivity index (χ2n) is 5.03. The molecule has 0 fully saturated rings. The fraction of sp³-hybridized carbons (Fsp3) is 0.0556. The first kappa shape index (κ1) is 10.5. The Morgan fingerprint density at radius 1 is 0.737 bits per heavy atom. The van der Waals surface area contributed by atoms with Gasteiger partial charge in [0.15, 0.2) is 5.78 Å². The topological polar surface area (TPSA) is 17.1 Å². The Balaban J connectivity index is 2.38. The monoisotopic (exact) mass is 244 g/mol. The number of hydrogen-bond acceptors (Lipinski definition) is 1. The molecule has 0 N–H and O–H groups in total. The van der Waals surface area contributed by atoms with Crippen molar-refractivity contribution < 1.29 is 4.79 Å². The van der Waals surface area contributed by atoms with Gasteiger partial charge >= 0.3 is 0 Å². The van der Waals surface area contributed by atoms with E-state index in [0.717, 1.165) is 10.9 Å². The fourth-order valence-electron chi connectivity index (χ4n) is 3.04. The third kappa shape index (κ3) is 1.33. The summed E-state index contributed by atoms with van der Waals surface area (Å²) in [7, 11) is 0. The van der Waals surface area contributed by atoms with E-state index < -0.39 is 0 Å². The number of carbonyl (C=O) groups is 1. The zero-order valence-corrected chi connectivity index (χ0v) is 10.6. The van der Waals surface area contributed by atoms with Crippen LogP contribution in [-0.4, -0.2) is 5.78 Å². The standard InChI is InChI=1S/C18H12O/c1-11(19)15-9-7-14-6-5-12-3-2-4-13-8-10-16(15)18(14)17(12)13/h2-10H,1H3. The molecule has 0 aliphatic carbocycles. The van der Waals surface area contributed by atoms with Crippen LogP contribution in [0.25, 0.3) is 32.3 Å². The van der Waals surface area contributed by atoms with Crippen LogP contribution in [0.3, 0.4) is 0 Å². The molecule has 0 bridgehead atoms. The van der Waals surface area contributed by atoms with Crippen molar-refractivity contribution in [2.75, 3.05) is 0 Å². The van der Waals surface area contributed by atoms with Crippen LogP contribution in [0.4, 0.5) is 0 Å². The average Bonchev–Trinajstić information content (AvgIpc) is 2.44. The van der Waals surface area contributed by atoms with Crippen LogP contribution < -0.4 is 0 Å². The van der Waals surface area contributed by atoms with Crippen molar-refractivity contribution in [2.24, 2.45) is 0 Å². The molecule has 90 valence electrons. The summed E-state index contributed by atoms with van der Waals surface area (Å²) in [5.41, 5.74) is 0.811. The molecule has 0 saturated carbocycles. The summed E-state index contributed by atoms with van der Waals surface area (Å²) in [4.78, 5) is 11.8. The third-order valence-corrected chi connectivity index (χ3v) is 3.91. The first-order valence-corrected chi connectivity index (χ1v) is 6.43. The number of Topliss-reactive ketones (excluding diaryl/α,β-unsaturated/α-hetero) is 1. The fourth-order valence-corrected chi connectivity index (χ4v) is 3.04. The van der Waals surface area contributed by atoms with Gasteiger partial charge < -0.3 is 0 Å². The smallest absolute Gasteiger partial charge is 0.160 e. The predicted molar refractivity (Wildman–Crippen MR) is 80.2 cm³/mol. The van der Waals surface area contributed by atoms with Gasteiger partial charge in [0, 0.05) is 5.56 Å².